The van der Waals surface area contributed by atoms with Crippen molar-refractivity contribution >= 4 is 17.9 Å². The number of unbranched alkanes of at least 4 members (excludes halogenated alkanes) is 27. The first-order valence-corrected chi connectivity index (χ1v) is 31.4. The average Bonchev–Trinajstić information content (AvgIpc) is 3.41. The van der Waals surface area contributed by atoms with Crippen molar-refractivity contribution in [3.05, 3.63) is 109 Å². The number of carbonyl (C=O) groups is 3. The first kappa shape index (κ1) is 71.1. The second-order valence-electron chi connectivity index (χ2n) is 20.5. The van der Waals surface area contributed by atoms with Crippen LogP contribution in [0.25, 0.3) is 0 Å². The number of carbonyl (C=O) groups excluding carboxylic acids is 3. The van der Waals surface area contributed by atoms with Crippen molar-refractivity contribution in [1.29, 1.82) is 0 Å². The van der Waals surface area contributed by atoms with E-state index in [0.717, 1.165) is 128 Å². The molecule has 0 aliphatic heterocycles. The van der Waals surface area contributed by atoms with E-state index in [1.54, 1.807) is 0 Å². The van der Waals surface area contributed by atoms with Gasteiger partial charge in [-0.05, 0) is 122 Å². The number of rotatable bonds is 56. The summed E-state index contributed by atoms with van der Waals surface area (Å²) in [6.07, 6.45) is 85.1. The van der Waals surface area contributed by atoms with Gasteiger partial charge in [-0.2, -0.15) is 0 Å². The Balaban J connectivity index is 4.39. The fourth-order valence-electron chi connectivity index (χ4n) is 8.60. The molecule has 1 atom stereocenters. The standard InChI is InChI=1S/C69H116O6/c1-4-7-10-13-16-19-22-25-28-30-32-33-34-35-37-38-41-44-47-50-53-56-59-62-68(71)74-65-66(64-73-67(70)61-58-55-52-49-46-43-40-27-24-21-18-15-12-9-6-3)75-69(72)63-60-57-54-51-48-45-42-39-36-31-29-26-23-20-17-14-11-8-5-2/h7,9-10,12,16-21,25-29,32-33,40,66H,4-6,8,11,13-15,22-24,30-31,34-39,41-65H2,1-3H3/b10-7-,12-9-,19-16-,20-17-,21-18-,28-25-,29-26-,33-32-,40-27-. The van der Waals surface area contributed by atoms with Crippen molar-refractivity contribution in [2.45, 2.75) is 297 Å². The normalized spacial score (nSPS) is 12.8. The fourth-order valence-corrected chi connectivity index (χ4v) is 8.60. The maximum absolute atomic E-state index is 12.9. The first-order valence-electron chi connectivity index (χ1n) is 31.4. The summed E-state index contributed by atoms with van der Waals surface area (Å²) in [7, 11) is 0. The van der Waals surface area contributed by atoms with Gasteiger partial charge < -0.3 is 14.2 Å². The molecule has 6 heteroatoms. The van der Waals surface area contributed by atoms with Gasteiger partial charge in [0, 0.05) is 19.3 Å². The Morgan fingerprint density at radius 3 is 0.813 bits per heavy atom. The quantitative estimate of drug-likeness (QED) is 0.0261. The van der Waals surface area contributed by atoms with E-state index < -0.39 is 6.10 Å². The molecule has 0 aliphatic rings. The highest BCUT2D eigenvalue weighted by molar-refractivity contribution is 5.71. The highest BCUT2D eigenvalue weighted by atomic mass is 16.6. The van der Waals surface area contributed by atoms with E-state index in [2.05, 4.69) is 130 Å². The molecule has 0 saturated carbocycles. The Morgan fingerprint density at radius 1 is 0.280 bits per heavy atom. The Labute approximate surface area is 463 Å². The SMILES string of the molecule is CC/C=C\C/C=C\C/C=C\C/C=C\CCCCCCCCCCCCC(=O)OCC(COC(=O)CCCCCCC/C=C\C/C=C\C/C=C\CC)OC(=O)CCCCCCCCCCC/C=C\C/C=C\CCCCC. The van der Waals surface area contributed by atoms with Crippen LogP contribution >= 0.6 is 0 Å². The summed E-state index contributed by atoms with van der Waals surface area (Å²) in [6.45, 7) is 6.39. The molecular weight excluding hydrogens is 925 g/mol. The molecule has 0 heterocycles. The Hall–Kier alpha value is -3.93. The molecule has 0 bridgehead atoms. The minimum absolute atomic E-state index is 0.0881. The lowest BCUT2D eigenvalue weighted by Crippen LogP contribution is -2.30. The molecule has 428 valence electrons. The van der Waals surface area contributed by atoms with Crippen LogP contribution < -0.4 is 0 Å². The molecule has 0 fully saturated rings. The summed E-state index contributed by atoms with van der Waals surface area (Å²) in [5.41, 5.74) is 0. The number of allylic oxidation sites excluding steroid dienone is 18. The van der Waals surface area contributed by atoms with Gasteiger partial charge in [0.25, 0.3) is 0 Å². The van der Waals surface area contributed by atoms with Gasteiger partial charge in [0.05, 0.1) is 0 Å². The van der Waals surface area contributed by atoms with Crippen LogP contribution in [0.15, 0.2) is 109 Å². The molecule has 0 spiro atoms. The second kappa shape index (κ2) is 62.6. The zero-order valence-electron chi connectivity index (χ0n) is 49.0. The molecular formula is C69H116O6. The minimum Gasteiger partial charge on any atom is -0.462 e. The molecule has 0 radical (unpaired) electrons. The molecule has 0 aromatic heterocycles. The van der Waals surface area contributed by atoms with Crippen LogP contribution in [0.5, 0.6) is 0 Å². The molecule has 0 rings (SSSR count). The van der Waals surface area contributed by atoms with E-state index in [4.69, 9.17) is 14.2 Å². The molecule has 0 saturated heterocycles. The van der Waals surface area contributed by atoms with E-state index in [1.807, 2.05) is 0 Å². The van der Waals surface area contributed by atoms with Gasteiger partial charge >= 0.3 is 17.9 Å². The predicted octanol–water partition coefficient (Wildman–Crippen LogP) is 21.4. The van der Waals surface area contributed by atoms with E-state index >= 15 is 0 Å². The monoisotopic (exact) mass is 1040 g/mol. The largest absolute Gasteiger partial charge is 0.462 e. The van der Waals surface area contributed by atoms with Crippen molar-refractivity contribution in [2.75, 3.05) is 13.2 Å². The predicted molar refractivity (Wildman–Crippen MR) is 325 cm³/mol. The fraction of sp³-hybridized carbons (Fsp3) is 0.696. The second-order valence-corrected chi connectivity index (χ2v) is 20.5. The maximum atomic E-state index is 12.9. The molecule has 75 heavy (non-hydrogen) atoms. The first-order chi connectivity index (χ1) is 37.0. The smallest absolute Gasteiger partial charge is 0.306 e. The van der Waals surface area contributed by atoms with Gasteiger partial charge in [0.2, 0.25) is 0 Å². The zero-order valence-corrected chi connectivity index (χ0v) is 49.0. The van der Waals surface area contributed by atoms with Crippen molar-refractivity contribution in [3.63, 3.8) is 0 Å². The van der Waals surface area contributed by atoms with Gasteiger partial charge in [-0.1, -0.05) is 259 Å². The van der Waals surface area contributed by atoms with Gasteiger partial charge in [0.15, 0.2) is 6.10 Å². The molecule has 0 aromatic rings. The molecule has 0 amide bonds. The van der Waals surface area contributed by atoms with Crippen LogP contribution in [0, 0.1) is 0 Å². The number of esters is 3. The zero-order chi connectivity index (χ0) is 54.3. The number of ether oxygens (including phenoxy) is 3. The third kappa shape index (κ3) is 60.8. The molecule has 0 aliphatic carbocycles. The summed E-state index contributed by atoms with van der Waals surface area (Å²) in [4.78, 5) is 38.3. The van der Waals surface area contributed by atoms with Crippen LogP contribution in [0.4, 0.5) is 0 Å². The van der Waals surface area contributed by atoms with Crippen molar-refractivity contribution in [1.82, 2.24) is 0 Å². The lowest BCUT2D eigenvalue weighted by atomic mass is 10.1. The Morgan fingerprint density at radius 2 is 0.520 bits per heavy atom. The average molecular weight is 1040 g/mol. The highest BCUT2D eigenvalue weighted by Crippen LogP contribution is 2.16. The van der Waals surface area contributed by atoms with Crippen LogP contribution in [0.2, 0.25) is 0 Å². The summed E-state index contributed by atoms with van der Waals surface area (Å²) >= 11 is 0. The lowest BCUT2D eigenvalue weighted by Gasteiger charge is -2.18. The van der Waals surface area contributed by atoms with E-state index in [0.29, 0.717) is 19.3 Å². The summed E-state index contributed by atoms with van der Waals surface area (Å²) in [6, 6.07) is 0. The third-order valence-corrected chi connectivity index (χ3v) is 13.2. The highest BCUT2D eigenvalue weighted by Gasteiger charge is 2.19. The van der Waals surface area contributed by atoms with E-state index in [-0.39, 0.29) is 31.1 Å². The van der Waals surface area contributed by atoms with Gasteiger partial charge in [0.1, 0.15) is 13.2 Å². The minimum atomic E-state index is -0.792. The topological polar surface area (TPSA) is 78.9 Å². The van der Waals surface area contributed by atoms with Crippen molar-refractivity contribution < 1.29 is 28.6 Å². The van der Waals surface area contributed by atoms with E-state index in [1.165, 1.54) is 122 Å². The van der Waals surface area contributed by atoms with Crippen LogP contribution in [0.1, 0.15) is 290 Å². The van der Waals surface area contributed by atoms with Crippen LogP contribution in [0.3, 0.4) is 0 Å². The van der Waals surface area contributed by atoms with Crippen LogP contribution in [-0.4, -0.2) is 37.2 Å². The maximum Gasteiger partial charge on any atom is 0.306 e. The molecule has 0 N–H and O–H groups in total. The van der Waals surface area contributed by atoms with Gasteiger partial charge in [-0.3, -0.25) is 14.4 Å². The summed E-state index contributed by atoms with van der Waals surface area (Å²) in [5.74, 6) is -0.907. The molecule has 0 aromatic carbocycles. The molecule has 1 unspecified atom stereocenters. The van der Waals surface area contributed by atoms with Crippen LogP contribution in [-0.2, 0) is 28.6 Å². The summed E-state index contributed by atoms with van der Waals surface area (Å²) in [5, 5.41) is 0. The van der Waals surface area contributed by atoms with Gasteiger partial charge in [-0.25, -0.2) is 0 Å². The number of hydrogen-bond acceptors (Lipinski definition) is 6. The van der Waals surface area contributed by atoms with Crippen molar-refractivity contribution in [2.24, 2.45) is 0 Å². The van der Waals surface area contributed by atoms with E-state index in [9.17, 15) is 14.4 Å². The lowest BCUT2D eigenvalue weighted by molar-refractivity contribution is -0.167. The Bertz CT molecular complexity index is 1520. The third-order valence-electron chi connectivity index (χ3n) is 13.2. The summed E-state index contributed by atoms with van der Waals surface area (Å²) < 4.78 is 16.9. The molecule has 6 nitrogen and oxygen atoms in total. The van der Waals surface area contributed by atoms with Gasteiger partial charge in [-0.15, -0.1) is 0 Å². The van der Waals surface area contributed by atoms with Crippen molar-refractivity contribution in [3.8, 4) is 0 Å². The Kier molecular flexibility index (Phi) is 59.3. The number of hydrogen-bond donors (Lipinski definition) is 0.